The van der Waals surface area contributed by atoms with Gasteiger partial charge in [0.1, 0.15) is 5.69 Å². The van der Waals surface area contributed by atoms with Crippen LogP contribution in [-0.4, -0.2) is 29.4 Å². The van der Waals surface area contributed by atoms with Crippen LogP contribution in [0.1, 0.15) is 5.56 Å². The Kier molecular flexibility index (Phi) is 3.73. The summed E-state index contributed by atoms with van der Waals surface area (Å²) in [4.78, 5) is 4.50. The number of aryl methyl sites for hydroxylation is 1. The number of fused-ring (bicyclic) bond motifs is 3. The molecule has 0 unspecified atom stereocenters. The molecular weight excluding hydrogens is 338 g/mol. The van der Waals surface area contributed by atoms with Crippen molar-refractivity contribution in [1.82, 2.24) is 15.2 Å². The third kappa shape index (κ3) is 2.48. The van der Waals surface area contributed by atoms with Crippen molar-refractivity contribution in [3.05, 3.63) is 47.1 Å². The van der Waals surface area contributed by atoms with E-state index in [9.17, 15) is 0 Å². The Morgan fingerprint density at radius 1 is 1.04 bits per heavy atom. The summed E-state index contributed by atoms with van der Waals surface area (Å²) in [5.74, 6) is 1.30. The zero-order valence-corrected chi connectivity index (χ0v) is 14.8. The third-order valence-electron chi connectivity index (χ3n) is 4.34. The van der Waals surface area contributed by atoms with E-state index in [1.54, 1.807) is 20.4 Å². The normalized spacial score (nSPS) is 11.2. The Hall–Kier alpha value is -2.79. The third-order valence-corrected chi connectivity index (χ3v) is 4.75. The predicted molar refractivity (Wildman–Crippen MR) is 99.7 cm³/mol. The van der Waals surface area contributed by atoms with E-state index < -0.39 is 0 Å². The molecule has 0 bridgehead atoms. The van der Waals surface area contributed by atoms with Crippen LogP contribution in [-0.2, 0) is 0 Å². The Morgan fingerprint density at radius 2 is 1.80 bits per heavy atom. The van der Waals surface area contributed by atoms with Crippen LogP contribution >= 0.6 is 11.6 Å². The number of hydrogen-bond donors (Lipinski definition) is 1. The molecule has 0 saturated heterocycles. The molecule has 2 aromatic heterocycles. The minimum Gasteiger partial charge on any atom is -0.493 e. The first-order valence-corrected chi connectivity index (χ1v) is 8.15. The second-order valence-electron chi connectivity index (χ2n) is 5.81. The first-order chi connectivity index (χ1) is 12.1. The lowest BCUT2D eigenvalue weighted by Gasteiger charge is -2.10. The number of aromatic nitrogens is 3. The molecule has 0 radical (unpaired) electrons. The smallest absolute Gasteiger partial charge is 0.162 e. The predicted octanol–water partition coefficient (Wildman–Crippen LogP) is 4.76. The lowest BCUT2D eigenvalue weighted by atomic mass is 10.0. The highest BCUT2D eigenvalue weighted by molar-refractivity contribution is 6.31. The lowest BCUT2D eigenvalue weighted by Crippen LogP contribution is -1.92. The van der Waals surface area contributed by atoms with Crippen LogP contribution in [0.2, 0.25) is 5.02 Å². The monoisotopic (exact) mass is 353 g/mol. The maximum Gasteiger partial charge on any atom is 0.162 e. The average molecular weight is 354 g/mol. The van der Waals surface area contributed by atoms with Crippen molar-refractivity contribution < 1.29 is 9.47 Å². The van der Waals surface area contributed by atoms with Gasteiger partial charge in [0, 0.05) is 27.4 Å². The van der Waals surface area contributed by atoms with Gasteiger partial charge in [-0.05, 0) is 24.6 Å². The fourth-order valence-corrected chi connectivity index (χ4v) is 3.16. The molecule has 2 aromatic carbocycles. The molecule has 4 aromatic rings. The summed E-state index contributed by atoms with van der Waals surface area (Å²) in [6, 6.07) is 9.74. The van der Waals surface area contributed by atoms with E-state index in [1.807, 2.05) is 37.3 Å². The van der Waals surface area contributed by atoms with Crippen LogP contribution in [0.15, 0.2) is 36.5 Å². The number of aromatic amines is 1. The summed E-state index contributed by atoms with van der Waals surface area (Å²) in [7, 11) is 3.23. The molecule has 0 amide bonds. The molecule has 0 atom stereocenters. The van der Waals surface area contributed by atoms with E-state index >= 15 is 0 Å². The average Bonchev–Trinajstić information content (AvgIpc) is 3.07. The van der Waals surface area contributed by atoms with Gasteiger partial charge in [-0.1, -0.05) is 23.7 Å². The highest BCUT2D eigenvalue weighted by atomic mass is 35.5. The molecule has 0 aliphatic carbocycles. The van der Waals surface area contributed by atoms with Crippen LogP contribution in [0, 0.1) is 6.92 Å². The zero-order valence-electron chi connectivity index (χ0n) is 14.1. The molecule has 0 aliphatic heterocycles. The van der Waals surface area contributed by atoms with Crippen LogP contribution in [0.3, 0.4) is 0 Å². The number of hydrogen-bond acceptors (Lipinski definition) is 4. The number of pyridine rings is 1. The Balaban J connectivity index is 2.06. The van der Waals surface area contributed by atoms with Crippen molar-refractivity contribution in [3.8, 4) is 22.8 Å². The fourth-order valence-electron chi connectivity index (χ4n) is 2.98. The van der Waals surface area contributed by atoms with E-state index in [1.165, 1.54) is 0 Å². The zero-order chi connectivity index (χ0) is 17.6. The minimum atomic E-state index is 0.644. The second-order valence-corrected chi connectivity index (χ2v) is 6.21. The van der Waals surface area contributed by atoms with Gasteiger partial charge in [0.15, 0.2) is 11.5 Å². The van der Waals surface area contributed by atoms with Crippen molar-refractivity contribution in [1.29, 1.82) is 0 Å². The van der Waals surface area contributed by atoms with Crippen LogP contribution in [0.25, 0.3) is 33.1 Å². The Morgan fingerprint density at radius 3 is 2.52 bits per heavy atom. The molecule has 4 rings (SSSR count). The number of rotatable bonds is 3. The van der Waals surface area contributed by atoms with Crippen molar-refractivity contribution in [2.45, 2.75) is 6.92 Å². The maximum atomic E-state index is 6.30. The highest BCUT2D eigenvalue weighted by Crippen LogP contribution is 2.38. The maximum absolute atomic E-state index is 6.30. The molecule has 0 aliphatic rings. The summed E-state index contributed by atoms with van der Waals surface area (Å²) in [5, 5.41) is 10.2. The highest BCUT2D eigenvalue weighted by Gasteiger charge is 2.16. The van der Waals surface area contributed by atoms with Gasteiger partial charge in [-0.25, -0.2) is 0 Å². The standard InChI is InChI=1S/C19H16ClN3O2/c1-10-4-5-11(6-13(10)20)19-18-12-7-16(24-2)17(25-3)8-14(12)21-9-15(18)22-23-19/h4-9H,1-3H3,(H,22,23). The summed E-state index contributed by atoms with van der Waals surface area (Å²) in [5.41, 5.74) is 4.47. The van der Waals surface area contributed by atoms with Crippen molar-refractivity contribution in [2.24, 2.45) is 0 Å². The quantitative estimate of drug-likeness (QED) is 0.577. The van der Waals surface area contributed by atoms with Gasteiger partial charge in [-0.3, -0.25) is 10.1 Å². The van der Waals surface area contributed by atoms with E-state index in [2.05, 4.69) is 15.2 Å². The second kappa shape index (κ2) is 5.93. The molecule has 0 saturated carbocycles. The van der Waals surface area contributed by atoms with E-state index in [0.717, 1.165) is 38.6 Å². The van der Waals surface area contributed by atoms with E-state index in [-0.39, 0.29) is 0 Å². The molecule has 0 spiro atoms. The number of ether oxygens (including phenoxy) is 2. The van der Waals surface area contributed by atoms with Gasteiger partial charge in [0.25, 0.3) is 0 Å². The first-order valence-electron chi connectivity index (χ1n) is 7.77. The van der Waals surface area contributed by atoms with E-state index in [4.69, 9.17) is 21.1 Å². The molecule has 0 fully saturated rings. The fraction of sp³-hybridized carbons (Fsp3) is 0.158. The lowest BCUT2D eigenvalue weighted by molar-refractivity contribution is 0.356. The number of halogens is 1. The van der Waals surface area contributed by atoms with Gasteiger partial charge in [-0.15, -0.1) is 0 Å². The molecule has 25 heavy (non-hydrogen) atoms. The molecule has 1 N–H and O–H groups in total. The summed E-state index contributed by atoms with van der Waals surface area (Å²) < 4.78 is 10.8. The van der Waals surface area contributed by atoms with Crippen molar-refractivity contribution in [3.63, 3.8) is 0 Å². The molecule has 2 heterocycles. The van der Waals surface area contributed by atoms with Crippen LogP contribution in [0.4, 0.5) is 0 Å². The SMILES string of the molecule is COc1cc2ncc3[nH]nc(-c4ccc(C)c(Cl)c4)c3c2cc1OC. The Labute approximate surface area is 149 Å². The number of methoxy groups -OCH3 is 2. The van der Waals surface area contributed by atoms with Crippen LogP contribution < -0.4 is 9.47 Å². The van der Waals surface area contributed by atoms with Gasteiger partial charge in [-0.2, -0.15) is 5.10 Å². The molecule has 126 valence electrons. The largest absolute Gasteiger partial charge is 0.493 e. The molecule has 6 heteroatoms. The summed E-state index contributed by atoms with van der Waals surface area (Å²) in [6.45, 7) is 1.98. The summed E-state index contributed by atoms with van der Waals surface area (Å²) in [6.07, 6.45) is 1.77. The van der Waals surface area contributed by atoms with Gasteiger partial charge in [0.2, 0.25) is 0 Å². The number of benzene rings is 2. The van der Waals surface area contributed by atoms with Crippen LogP contribution in [0.5, 0.6) is 11.5 Å². The number of nitrogens with one attached hydrogen (secondary N) is 1. The van der Waals surface area contributed by atoms with Crippen molar-refractivity contribution >= 4 is 33.4 Å². The summed E-state index contributed by atoms with van der Waals surface area (Å²) >= 11 is 6.30. The number of nitrogens with zero attached hydrogens (tertiary/aromatic N) is 2. The van der Waals surface area contributed by atoms with Crippen molar-refractivity contribution in [2.75, 3.05) is 14.2 Å². The first kappa shape index (κ1) is 15.7. The number of H-pyrrole nitrogens is 1. The van der Waals surface area contributed by atoms with Gasteiger partial charge < -0.3 is 9.47 Å². The minimum absolute atomic E-state index is 0.644. The molecule has 5 nitrogen and oxygen atoms in total. The van der Waals surface area contributed by atoms with E-state index in [0.29, 0.717) is 16.5 Å². The topological polar surface area (TPSA) is 60.0 Å². The molecular formula is C19H16ClN3O2. The Bertz CT molecular complexity index is 1100. The van der Waals surface area contributed by atoms with Gasteiger partial charge >= 0.3 is 0 Å². The van der Waals surface area contributed by atoms with Gasteiger partial charge in [0.05, 0.1) is 31.4 Å².